The van der Waals surface area contributed by atoms with Crippen molar-refractivity contribution >= 4 is 17.2 Å². The summed E-state index contributed by atoms with van der Waals surface area (Å²) in [6.07, 6.45) is 0.348. The number of carbonyl (C=O) groups excluding carboxylic acids is 1. The highest BCUT2D eigenvalue weighted by Gasteiger charge is 2.07. The average molecular weight is 290 g/mol. The van der Waals surface area contributed by atoms with E-state index in [2.05, 4.69) is 10.3 Å². The van der Waals surface area contributed by atoms with Crippen molar-refractivity contribution < 1.29 is 9.53 Å². The van der Waals surface area contributed by atoms with Crippen molar-refractivity contribution in [1.29, 1.82) is 0 Å². The first-order chi connectivity index (χ1) is 9.58. The highest BCUT2D eigenvalue weighted by molar-refractivity contribution is 7.11. The fourth-order valence-corrected chi connectivity index (χ4v) is 2.69. The molecule has 0 aliphatic heterocycles. The molecule has 106 valence electrons. The van der Waals surface area contributed by atoms with E-state index < -0.39 is 0 Å². The molecule has 0 saturated carbocycles. The summed E-state index contributed by atoms with van der Waals surface area (Å²) in [4.78, 5) is 17.5. The molecular formula is C15H18N2O2S. The molecule has 0 unspecified atom stereocenters. The Morgan fingerprint density at radius 1 is 1.40 bits per heavy atom. The van der Waals surface area contributed by atoms with Gasteiger partial charge in [0.05, 0.1) is 25.8 Å². The minimum atomic E-state index is -0.0104. The second-order valence-electron chi connectivity index (χ2n) is 4.55. The molecule has 1 aromatic heterocycles. The summed E-state index contributed by atoms with van der Waals surface area (Å²) in [5, 5.41) is 3.84. The molecule has 0 fully saturated rings. The van der Waals surface area contributed by atoms with Crippen LogP contribution in [0.2, 0.25) is 0 Å². The molecule has 1 aromatic carbocycles. The second-order valence-corrected chi connectivity index (χ2v) is 5.84. The summed E-state index contributed by atoms with van der Waals surface area (Å²) < 4.78 is 5.14. The summed E-state index contributed by atoms with van der Waals surface area (Å²) >= 11 is 1.62. The van der Waals surface area contributed by atoms with Gasteiger partial charge < -0.3 is 10.1 Å². The Kier molecular flexibility index (Phi) is 4.74. The topological polar surface area (TPSA) is 51.2 Å². The lowest BCUT2D eigenvalue weighted by Gasteiger charge is -2.05. The number of thiazole rings is 1. The Balaban J connectivity index is 1.89. The number of aromatic nitrogens is 1. The van der Waals surface area contributed by atoms with Gasteiger partial charge in [-0.1, -0.05) is 12.1 Å². The molecule has 0 radical (unpaired) electrons. The second kappa shape index (κ2) is 6.52. The molecule has 0 atom stereocenters. The molecule has 2 rings (SSSR count). The fourth-order valence-electron chi connectivity index (χ4n) is 1.82. The Bertz CT molecular complexity index is 588. The third-order valence-electron chi connectivity index (χ3n) is 3.01. The van der Waals surface area contributed by atoms with Crippen LogP contribution in [0.1, 0.15) is 21.1 Å². The van der Waals surface area contributed by atoms with E-state index in [9.17, 15) is 4.79 Å². The first-order valence-electron chi connectivity index (χ1n) is 6.41. The number of nitrogens with one attached hydrogen (secondary N) is 1. The number of amides is 1. The number of rotatable bonds is 5. The smallest absolute Gasteiger partial charge is 0.224 e. The number of hydrogen-bond acceptors (Lipinski definition) is 4. The van der Waals surface area contributed by atoms with Crippen molar-refractivity contribution in [2.45, 2.75) is 26.8 Å². The molecule has 0 spiro atoms. The van der Waals surface area contributed by atoms with Gasteiger partial charge in [-0.2, -0.15) is 0 Å². The first kappa shape index (κ1) is 14.5. The van der Waals surface area contributed by atoms with Crippen molar-refractivity contribution in [2.75, 3.05) is 7.11 Å². The first-order valence-corrected chi connectivity index (χ1v) is 7.22. The number of ether oxygens (including phenoxy) is 1. The van der Waals surface area contributed by atoms with Gasteiger partial charge in [0.2, 0.25) is 5.91 Å². The predicted octanol–water partition coefficient (Wildman–Crippen LogP) is 2.63. The van der Waals surface area contributed by atoms with E-state index in [0.717, 1.165) is 22.0 Å². The van der Waals surface area contributed by atoms with Gasteiger partial charge in [-0.15, -0.1) is 11.3 Å². The van der Waals surface area contributed by atoms with Gasteiger partial charge in [0.25, 0.3) is 0 Å². The van der Waals surface area contributed by atoms with E-state index in [1.165, 1.54) is 4.88 Å². The van der Waals surface area contributed by atoms with Crippen LogP contribution in [-0.4, -0.2) is 18.0 Å². The molecule has 0 aliphatic rings. The highest BCUT2D eigenvalue weighted by Crippen LogP contribution is 2.16. The Labute approximate surface area is 122 Å². The zero-order chi connectivity index (χ0) is 14.5. The minimum absolute atomic E-state index is 0.0104. The number of hydrogen-bond donors (Lipinski definition) is 1. The monoisotopic (exact) mass is 290 g/mol. The lowest BCUT2D eigenvalue weighted by molar-refractivity contribution is -0.120. The van der Waals surface area contributed by atoms with Crippen molar-refractivity contribution in [3.63, 3.8) is 0 Å². The van der Waals surface area contributed by atoms with Gasteiger partial charge in [-0.25, -0.2) is 4.98 Å². The summed E-state index contributed by atoms with van der Waals surface area (Å²) in [5.41, 5.74) is 1.97. The van der Waals surface area contributed by atoms with Gasteiger partial charge >= 0.3 is 0 Å². The predicted molar refractivity (Wildman–Crippen MR) is 80.1 cm³/mol. The number of methoxy groups -OCH3 is 1. The van der Waals surface area contributed by atoms with E-state index in [0.29, 0.717) is 13.0 Å². The maximum absolute atomic E-state index is 11.9. The largest absolute Gasteiger partial charge is 0.497 e. The highest BCUT2D eigenvalue weighted by atomic mass is 32.1. The maximum Gasteiger partial charge on any atom is 0.224 e. The zero-order valence-electron chi connectivity index (χ0n) is 11.9. The van der Waals surface area contributed by atoms with E-state index in [-0.39, 0.29) is 5.91 Å². The summed E-state index contributed by atoms with van der Waals surface area (Å²) in [5.74, 6) is 0.755. The van der Waals surface area contributed by atoms with Gasteiger partial charge in [-0.3, -0.25) is 4.79 Å². The molecule has 2 aromatic rings. The molecule has 20 heavy (non-hydrogen) atoms. The Morgan fingerprint density at radius 2 is 2.20 bits per heavy atom. The van der Waals surface area contributed by atoms with Crippen LogP contribution in [0, 0.1) is 13.8 Å². The van der Waals surface area contributed by atoms with Gasteiger partial charge in [0, 0.05) is 4.88 Å². The molecule has 1 heterocycles. The Morgan fingerprint density at radius 3 is 2.85 bits per heavy atom. The van der Waals surface area contributed by atoms with E-state index >= 15 is 0 Å². The van der Waals surface area contributed by atoms with Crippen LogP contribution in [0.3, 0.4) is 0 Å². The van der Waals surface area contributed by atoms with Gasteiger partial charge in [0.15, 0.2) is 0 Å². The van der Waals surface area contributed by atoms with Crippen LogP contribution in [0.25, 0.3) is 0 Å². The van der Waals surface area contributed by atoms with E-state index in [1.807, 2.05) is 38.1 Å². The zero-order valence-corrected chi connectivity index (χ0v) is 12.7. The molecule has 1 amide bonds. The lowest BCUT2D eigenvalue weighted by atomic mass is 10.1. The van der Waals surface area contributed by atoms with Crippen LogP contribution < -0.4 is 10.1 Å². The van der Waals surface area contributed by atoms with Crippen molar-refractivity contribution in [1.82, 2.24) is 10.3 Å². The normalized spacial score (nSPS) is 10.3. The Hall–Kier alpha value is -1.88. The molecule has 0 aliphatic carbocycles. The van der Waals surface area contributed by atoms with Crippen LogP contribution in [0.15, 0.2) is 24.3 Å². The number of benzene rings is 1. The van der Waals surface area contributed by atoms with Gasteiger partial charge in [0.1, 0.15) is 10.8 Å². The van der Waals surface area contributed by atoms with Crippen molar-refractivity contribution in [3.05, 3.63) is 45.4 Å². The minimum Gasteiger partial charge on any atom is -0.497 e. The molecule has 0 saturated heterocycles. The summed E-state index contributed by atoms with van der Waals surface area (Å²) in [7, 11) is 1.62. The molecular weight excluding hydrogens is 272 g/mol. The number of aryl methyl sites for hydroxylation is 2. The molecule has 1 N–H and O–H groups in total. The van der Waals surface area contributed by atoms with Crippen LogP contribution in [0.4, 0.5) is 0 Å². The lowest BCUT2D eigenvalue weighted by Crippen LogP contribution is -2.24. The number of nitrogens with zero attached hydrogens (tertiary/aromatic N) is 1. The molecule has 0 bridgehead atoms. The fraction of sp³-hybridized carbons (Fsp3) is 0.333. The average Bonchev–Trinajstić information content (AvgIpc) is 2.76. The SMILES string of the molecule is COc1cccc(CC(=O)NCc2nc(C)c(C)s2)c1. The molecule has 4 nitrogen and oxygen atoms in total. The van der Waals surface area contributed by atoms with Crippen LogP contribution in [-0.2, 0) is 17.8 Å². The van der Waals surface area contributed by atoms with Crippen LogP contribution in [0.5, 0.6) is 5.75 Å². The van der Waals surface area contributed by atoms with Crippen molar-refractivity contribution in [3.8, 4) is 5.75 Å². The van der Waals surface area contributed by atoms with Gasteiger partial charge in [-0.05, 0) is 31.5 Å². The summed E-state index contributed by atoms with van der Waals surface area (Å²) in [6.45, 7) is 4.50. The third kappa shape index (κ3) is 3.81. The maximum atomic E-state index is 11.9. The van der Waals surface area contributed by atoms with E-state index in [1.54, 1.807) is 18.4 Å². The standard InChI is InChI=1S/C15H18N2O2S/c1-10-11(2)20-15(17-10)9-16-14(18)8-12-5-4-6-13(7-12)19-3/h4-7H,8-9H2,1-3H3,(H,16,18). The van der Waals surface area contributed by atoms with E-state index in [4.69, 9.17) is 4.74 Å². The third-order valence-corrected chi connectivity index (χ3v) is 4.08. The number of carbonyl (C=O) groups is 1. The molecule has 5 heteroatoms. The van der Waals surface area contributed by atoms with Crippen molar-refractivity contribution in [2.24, 2.45) is 0 Å². The quantitative estimate of drug-likeness (QED) is 0.921. The summed E-state index contributed by atoms with van der Waals surface area (Å²) in [6, 6.07) is 7.54. The van der Waals surface area contributed by atoms with Crippen LogP contribution >= 0.6 is 11.3 Å².